The predicted molar refractivity (Wildman–Crippen MR) is 129 cm³/mol. The van der Waals surface area contributed by atoms with E-state index in [-0.39, 0.29) is 11.6 Å². The summed E-state index contributed by atoms with van der Waals surface area (Å²) >= 11 is 3.37. The fraction of sp³-hybridized carbons (Fsp3) is 0.200. The summed E-state index contributed by atoms with van der Waals surface area (Å²) in [6.45, 7) is 2.06. The summed E-state index contributed by atoms with van der Waals surface area (Å²) in [7, 11) is 0. The lowest BCUT2D eigenvalue weighted by atomic mass is 9.90. The van der Waals surface area contributed by atoms with Gasteiger partial charge in [-0.05, 0) is 53.9 Å². The Morgan fingerprint density at radius 3 is 2.12 bits per heavy atom. The SMILES string of the molecule is CCc1ccc([C@H]2[C@H]3C(=O)N(c4ccc(Br)cc4)C(=O)[C@@H]3ON2c2ccc([N+](=O)[O-])cc2)cc1. The number of hydrogen-bond acceptors (Lipinski definition) is 6. The van der Waals surface area contributed by atoms with E-state index in [0.29, 0.717) is 11.4 Å². The van der Waals surface area contributed by atoms with Crippen molar-refractivity contribution in [1.29, 1.82) is 0 Å². The third-order valence-corrected chi connectivity index (χ3v) is 6.77. The van der Waals surface area contributed by atoms with Gasteiger partial charge in [0.15, 0.2) is 6.10 Å². The Kier molecular flexibility index (Phi) is 5.66. The molecule has 2 saturated heterocycles. The van der Waals surface area contributed by atoms with Crippen LogP contribution in [0.5, 0.6) is 0 Å². The molecule has 0 aromatic heterocycles. The molecule has 0 aliphatic carbocycles. The number of nitrogens with zero attached hydrogens (tertiary/aromatic N) is 3. The molecule has 2 fully saturated rings. The lowest BCUT2D eigenvalue weighted by Crippen LogP contribution is -2.37. The second-order valence-corrected chi connectivity index (χ2v) is 9.10. The lowest BCUT2D eigenvalue weighted by molar-refractivity contribution is -0.384. The van der Waals surface area contributed by atoms with Crippen molar-refractivity contribution in [3.63, 3.8) is 0 Å². The molecular formula is C25H20BrN3O5. The van der Waals surface area contributed by atoms with Gasteiger partial charge < -0.3 is 0 Å². The second-order valence-electron chi connectivity index (χ2n) is 8.18. The summed E-state index contributed by atoms with van der Waals surface area (Å²) in [5.41, 5.74) is 2.92. The molecule has 2 amide bonds. The van der Waals surface area contributed by atoms with Crippen LogP contribution in [0.15, 0.2) is 77.3 Å². The van der Waals surface area contributed by atoms with E-state index in [1.807, 2.05) is 24.3 Å². The van der Waals surface area contributed by atoms with Gasteiger partial charge in [0.05, 0.1) is 22.3 Å². The Balaban J connectivity index is 1.56. The van der Waals surface area contributed by atoms with Gasteiger partial charge >= 0.3 is 0 Å². The van der Waals surface area contributed by atoms with E-state index >= 15 is 0 Å². The Morgan fingerprint density at radius 2 is 1.53 bits per heavy atom. The van der Waals surface area contributed by atoms with E-state index in [2.05, 4.69) is 22.9 Å². The highest BCUT2D eigenvalue weighted by molar-refractivity contribution is 9.10. The van der Waals surface area contributed by atoms with Gasteiger partial charge in [-0.25, -0.2) is 9.96 Å². The third kappa shape index (κ3) is 3.66. The molecule has 0 unspecified atom stereocenters. The molecule has 172 valence electrons. The van der Waals surface area contributed by atoms with Crippen LogP contribution in [0.1, 0.15) is 24.1 Å². The number of aryl methyl sites for hydroxylation is 1. The molecular weight excluding hydrogens is 502 g/mol. The number of anilines is 2. The van der Waals surface area contributed by atoms with E-state index < -0.39 is 28.9 Å². The van der Waals surface area contributed by atoms with Gasteiger partial charge in [0, 0.05) is 16.6 Å². The number of hydrogen-bond donors (Lipinski definition) is 0. The Bertz CT molecular complexity index is 1260. The van der Waals surface area contributed by atoms with Crippen LogP contribution in [0.25, 0.3) is 0 Å². The van der Waals surface area contributed by atoms with Crippen molar-refractivity contribution in [2.24, 2.45) is 5.92 Å². The van der Waals surface area contributed by atoms with Gasteiger partial charge in [-0.1, -0.05) is 47.1 Å². The number of rotatable bonds is 5. The number of carbonyl (C=O) groups is 2. The van der Waals surface area contributed by atoms with Gasteiger partial charge in [-0.3, -0.25) is 24.5 Å². The smallest absolute Gasteiger partial charge is 0.269 e. The minimum Gasteiger partial charge on any atom is -0.273 e. The first-order chi connectivity index (χ1) is 16.4. The van der Waals surface area contributed by atoms with Crippen molar-refractivity contribution in [1.82, 2.24) is 0 Å². The van der Waals surface area contributed by atoms with E-state index in [9.17, 15) is 19.7 Å². The van der Waals surface area contributed by atoms with Crippen LogP contribution in [0.2, 0.25) is 0 Å². The number of nitro groups is 1. The number of non-ortho nitro benzene ring substituents is 1. The summed E-state index contributed by atoms with van der Waals surface area (Å²) in [4.78, 5) is 44.8. The largest absolute Gasteiger partial charge is 0.273 e. The van der Waals surface area contributed by atoms with Crippen molar-refractivity contribution in [2.45, 2.75) is 25.5 Å². The maximum absolute atomic E-state index is 13.6. The highest BCUT2D eigenvalue weighted by Gasteiger charge is 2.60. The van der Waals surface area contributed by atoms with E-state index in [4.69, 9.17) is 4.84 Å². The number of fused-ring (bicyclic) bond motifs is 1. The molecule has 3 aromatic rings. The summed E-state index contributed by atoms with van der Waals surface area (Å²) in [6, 6.07) is 20.1. The van der Waals surface area contributed by atoms with Crippen LogP contribution in [-0.4, -0.2) is 22.8 Å². The Labute approximate surface area is 204 Å². The highest BCUT2D eigenvalue weighted by atomic mass is 79.9. The van der Waals surface area contributed by atoms with Crippen LogP contribution in [0.3, 0.4) is 0 Å². The van der Waals surface area contributed by atoms with Crippen molar-refractivity contribution in [3.8, 4) is 0 Å². The summed E-state index contributed by atoms with van der Waals surface area (Å²) in [5.74, 6) is -1.54. The first-order valence-electron chi connectivity index (χ1n) is 10.8. The standard InChI is InChI=1S/C25H20BrN3O5/c1-2-15-3-5-16(6-4-15)22-21-23(34-28(22)19-11-13-20(14-12-19)29(32)33)25(31)27(24(21)30)18-9-7-17(26)8-10-18/h3-14,21-23H,2H2,1H3/t21-,22+,23-/m1/s1. The minimum absolute atomic E-state index is 0.0550. The molecule has 0 spiro atoms. The molecule has 0 saturated carbocycles. The van der Waals surface area contributed by atoms with Crippen molar-refractivity contribution in [2.75, 3.05) is 9.96 Å². The van der Waals surface area contributed by atoms with Crippen molar-refractivity contribution >= 4 is 44.8 Å². The summed E-state index contributed by atoms with van der Waals surface area (Å²) in [6.07, 6.45) is -0.129. The predicted octanol–water partition coefficient (Wildman–Crippen LogP) is 4.97. The molecule has 2 aliphatic rings. The number of halogens is 1. The monoisotopic (exact) mass is 521 g/mol. The molecule has 0 N–H and O–H groups in total. The first kappa shape index (κ1) is 22.2. The van der Waals surface area contributed by atoms with Crippen LogP contribution in [0, 0.1) is 16.0 Å². The zero-order valence-corrected chi connectivity index (χ0v) is 19.7. The Hall–Kier alpha value is -3.56. The number of nitro benzene ring substituents is 1. The molecule has 34 heavy (non-hydrogen) atoms. The van der Waals surface area contributed by atoms with Crippen LogP contribution in [-0.2, 0) is 20.8 Å². The fourth-order valence-electron chi connectivity index (χ4n) is 4.49. The zero-order chi connectivity index (χ0) is 24.0. The van der Waals surface area contributed by atoms with Gasteiger partial charge in [-0.2, -0.15) is 0 Å². The van der Waals surface area contributed by atoms with E-state index in [0.717, 1.165) is 22.0 Å². The average Bonchev–Trinajstić information content (AvgIpc) is 3.36. The second kappa shape index (κ2) is 8.66. The molecule has 3 aromatic carbocycles. The number of benzene rings is 3. The average molecular weight is 522 g/mol. The molecule has 0 radical (unpaired) electrons. The van der Waals surface area contributed by atoms with Gasteiger partial charge in [0.25, 0.3) is 11.6 Å². The normalized spacial score (nSPS) is 21.8. The molecule has 3 atom stereocenters. The van der Waals surface area contributed by atoms with Crippen molar-refractivity contribution < 1.29 is 19.3 Å². The molecule has 8 nitrogen and oxygen atoms in total. The first-order valence-corrected chi connectivity index (χ1v) is 11.6. The summed E-state index contributed by atoms with van der Waals surface area (Å²) < 4.78 is 0.838. The molecule has 0 bridgehead atoms. The van der Waals surface area contributed by atoms with Crippen LogP contribution < -0.4 is 9.96 Å². The van der Waals surface area contributed by atoms with Crippen LogP contribution in [0.4, 0.5) is 17.1 Å². The van der Waals surface area contributed by atoms with Gasteiger partial charge in [-0.15, -0.1) is 0 Å². The number of amides is 2. The highest BCUT2D eigenvalue weighted by Crippen LogP contribution is 2.47. The van der Waals surface area contributed by atoms with E-state index in [1.54, 1.807) is 36.4 Å². The van der Waals surface area contributed by atoms with Crippen LogP contribution >= 0.6 is 15.9 Å². The quantitative estimate of drug-likeness (QED) is 0.267. The number of imide groups is 1. The van der Waals surface area contributed by atoms with Gasteiger partial charge in [0.2, 0.25) is 5.91 Å². The summed E-state index contributed by atoms with van der Waals surface area (Å²) in [5, 5.41) is 12.6. The maximum Gasteiger partial charge on any atom is 0.269 e. The fourth-order valence-corrected chi connectivity index (χ4v) is 4.76. The van der Waals surface area contributed by atoms with Gasteiger partial charge in [0.1, 0.15) is 5.92 Å². The molecule has 2 aliphatic heterocycles. The Morgan fingerprint density at radius 1 is 0.912 bits per heavy atom. The molecule has 5 rings (SSSR count). The third-order valence-electron chi connectivity index (χ3n) is 6.24. The minimum atomic E-state index is -0.998. The number of carbonyl (C=O) groups excluding carboxylic acids is 2. The van der Waals surface area contributed by atoms with E-state index in [1.165, 1.54) is 22.1 Å². The molecule has 9 heteroatoms. The topological polar surface area (TPSA) is 93.0 Å². The lowest BCUT2D eigenvalue weighted by Gasteiger charge is -2.28. The van der Waals surface area contributed by atoms with Crippen molar-refractivity contribution in [3.05, 3.63) is 98.5 Å². The number of hydroxylamine groups is 1. The maximum atomic E-state index is 13.6. The molecule has 2 heterocycles. The zero-order valence-electron chi connectivity index (χ0n) is 18.1.